The third-order valence-corrected chi connectivity index (χ3v) is 1.62. The van der Waals surface area contributed by atoms with E-state index in [1.165, 1.54) is 6.20 Å². The van der Waals surface area contributed by atoms with E-state index in [2.05, 4.69) is 15.5 Å². The fourth-order valence-corrected chi connectivity index (χ4v) is 0.916. The molecule has 0 radical (unpaired) electrons. The maximum atomic E-state index is 11.2. The predicted molar refractivity (Wildman–Crippen MR) is 47.2 cm³/mol. The van der Waals surface area contributed by atoms with E-state index in [-0.39, 0.29) is 12.5 Å². The highest BCUT2D eigenvalue weighted by Gasteiger charge is 2.04. The van der Waals surface area contributed by atoms with Gasteiger partial charge in [-0.3, -0.25) is 9.89 Å². The summed E-state index contributed by atoms with van der Waals surface area (Å²) >= 11 is 0. The molecule has 0 unspecified atom stereocenters. The van der Waals surface area contributed by atoms with Gasteiger partial charge in [-0.15, -0.1) is 0 Å². The lowest BCUT2D eigenvalue weighted by Gasteiger charge is -2.01. The number of carbonyl (C=O) groups excluding carboxylic acids is 1. The summed E-state index contributed by atoms with van der Waals surface area (Å²) < 4.78 is 0. The Labute approximate surface area is 76.2 Å². The zero-order chi connectivity index (χ0) is 9.52. The lowest BCUT2D eigenvalue weighted by Crippen LogP contribution is -2.24. The van der Waals surface area contributed by atoms with Gasteiger partial charge >= 0.3 is 0 Å². The molecule has 1 aromatic heterocycles. The van der Waals surface area contributed by atoms with Crippen LogP contribution in [0, 0.1) is 0 Å². The Morgan fingerprint density at radius 2 is 2.46 bits per heavy atom. The number of aromatic nitrogens is 2. The molecule has 0 spiro atoms. The van der Waals surface area contributed by atoms with Crippen LogP contribution >= 0.6 is 0 Å². The number of nitrogens with zero attached hydrogens (tertiary/aromatic N) is 1. The first-order chi connectivity index (χ1) is 6.34. The van der Waals surface area contributed by atoms with Crippen LogP contribution in [-0.2, 0) is 0 Å². The van der Waals surface area contributed by atoms with Crippen molar-refractivity contribution in [2.24, 2.45) is 0 Å². The standard InChI is InChI=1S/C8H13N3O2/c12-6-2-1-4-9-8(13)7-3-5-10-11-7/h3,5,12H,1-2,4,6H2,(H,9,13)(H,10,11). The second kappa shape index (κ2) is 5.31. The first-order valence-corrected chi connectivity index (χ1v) is 4.23. The van der Waals surface area contributed by atoms with Crippen molar-refractivity contribution in [2.75, 3.05) is 13.2 Å². The number of aromatic amines is 1. The highest BCUT2D eigenvalue weighted by molar-refractivity contribution is 5.91. The van der Waals surface area contributed by atoms with Crippen LogP contribution in [0.3, 0.4) is 0 Å². The average molecular weight is 183 g/mol. The molecule has 0 saturated carbocycles. The summed E-state index contributed by atoms with van der Waals surface area (Å²) in [5.74, 6) is -0.157. The molecule has 72 valence electrons. The molecule has 0 fully saturated rings. The van der Waals surface area contributed by atoms with Crippen molar-refractivity contribution in [3.8, 4) is 0 Å². The van der Waals surface area contributed by atoms with Gasteiger partial charge in [0.15, 0.2) is 0 Å². The molecular formula is C8H13N3O2. The van der Waals surface area contributed by atoms with Crippen LogP contribution < -0.4 is 5.32 Å². The van der Waals surface area contributed by atoms with E-state index in [0.29, 0.717) is 18.7 Å². The summed E-state index contributed by atoms with van der Waals surface area (Å²) in [6, 6.07) is 1.61. The fraction of sp³-hybridized carbons (Fsp3) is 0.500. The van der Waals surface area contributed by atoms with Crippen LogP contribution in [0.5, 0.6) is 0 Å². The smallest absolute Gasteiger partial charge is 0.269 e. The van der Waals surface area contributed by atoms with Crippen molar-refractivity contribution in [3.63, 3.8) is 0 Å². The summed E-state index contributed by atoms with van der Waals surface area (Å²) in [6.45, 7) is 0.748. The Bertz CT molecular complexity index is 246. The fourth-order valence-electron chi connectivity index (χ4n) is 0.916. The van der Waals surface area contributed by atoms with E-state index in [1.54, 1.807) is 6.07 Å². The summed E-state index contributed by atoms with van der Waals surface area (Å²) in [6.07, 6.45) is 3.03. The van der Waals surface area contributed by atoms with Crippen molar-refractivity contribution in [3.05, 3.63) is 18.0 Å². The number of carbonyl (C=O) groups is 1. The molecule has 0 aliphatic heterocycles. The molecule has 1 heterocycles. The maximum absolute atomic E-state index is 11.2. The SMILES string of the molecule is O=C(NCCCCO)c1ccn[nH]1. The minimum Gasteiger partial charge on any atom is -0.396 e. The van der Waals surface area contributed by atoms with E-state index in [1.807, 2.05) is 0 Å². The van der Waals surface area contributed by atoms with E-state index in [9.17, 15) is 4.79 Å². The molecule has 1 aromatic rings. The molecule has 1 rings (SSSR count). The first kappa shape index (κ1) is 9.73. The Morgan fingerprint density at radius 1 is 1.62 bits per heavy atom. The number of rotatable bonds is 5. The average Bonchev–Trinajstić information content (AvgIpc) is 2.65. The highest BCUT2D eigenvalue weighted by atomic mass is 16.2. The summed E-state index contributed by atoms with van der Waals surface area (Å²) in [4.78, 5) is 11.2. The van der Waals surface area contributed by atoms with Crippen LogP contribution in [0.2, 0.25) is 0 Å². The number of hydrogen-bond donors (Lipinski definition) is 3. The van der Waals surface area contributed by atoms with Crippen molar-refractivity contribution in [1.29, 1.82) is 0 Å². The van der Waals surface area contributed by atoms with Crippen LogP contribution in [0.4, 0.5) is 0 Å². The van der Waals surface area contributed by atoms with E-state index < -0.39 is 0 Å². The number of aliphatic hydroxyl groups is 1. The van der Waals surface area contributed by atoms with Gasteiger partial charge in [-0.2, -0.15) is 5.10 Å². The molecule has 13 heavy (non-hydrogen) atoms. The largest absolute Gasteiger partial charge is 0.396 e. The third-order valence-electron chi connectivity index (χ3n) is 1.62. The first-order valence-electron chi connectivity index (χ1n) is 4.23. The van der Waals surface area contributed by atoms with Crippen LogP contribution in [0.25, 0.3) is 0 Å². The summed E-state index contributed by atoms with van der Waals surface area (Å²) in [7, 11) is 0. The van der Waals surface area contributed by atoms with E-state index in [0.717, 1.165) is 6.42 Å². The van der Waals surface area contributed by atoms with Crippen molar-refractivity contribution < 1.29 is 9.90 Å². The number of amides is 1. The van der Waals surface area contributed by atoms with Crippen LogP contribution in [-0.4, -0.2) is 34.4 Å². The summed E-state index contributed by atoms with van der Waals surface area (Å²) in [5.41, 5.74) is 0.462. The van der Waals surface area contributed by atoms with Crippen molar-refractivity contribution in [1.82, 2.24) is 15.5 Å². The van der Waals surface area contributed by atoms with Crippen molar-refractivity contribution >= 4 is 5.91 Å². The van der Waals surface area contributed by atoms with E-state index in [4.69, 9.17) is 5.11 Å². The van der Waals surface area contributed by atoms with Gasteiger partial charge in [0.1, 0.15) is 5.69 Å². The van der Waals surface area contributed by atoms with Gasteiger partial charge in [-0.1, -0.05) is 0 Å². The van der Waals surface area contributed by atoms with Gasteiger partial charge in [-0.05, 0) is 18.9 Å². The number of H-pyrrole nitrogens is 1. The van der Waals surface area contributed by atoms with Gasteiger partial charge < -0.3 is 10.4 Å². The molecule has 1 amide bonds. The topological polar surface area (TPSA) is 78.0 Å². The monoisotopic (exact) mass is 183 g/mol. The molecular weight excluding hydrogens is 170 g/mol. The Balaban J connectivity index is 2.19. The lowest BCUT2D eigenvalue weighted by molar-refractivity contribution is 0.0947. The second-order valence-electron chi connectivity index (χ2n) is 2.66. The highest BCUT2D eigenvalue weighted by Crippen LogP contribution is 1.91. The Kier molecular flexibility index (Phi) is 3.98. The quantitative estimate of drug-likeness (QED) is 0.558. The molecule has 0 bridgehead atoms. The number of nitrogens with one attached hydrogen (secondary N) is 2. The predicted octanol–water partition coefficient (Wildman–Crippen LogP) is -0.0880. The lowest BCUT2D eigenvalue weighted by atomic mass is 10.3. The number of unbranched alkanes of at least 4 members (excludes halogenated alkanes) is 1. The molecule has 0 aromatic carbocycles. The van der Waals surface area contributed by atoms with Gasteiger partial charge in [-0.25, -0.2) is 0 Å². The Morgan fingerprint density at radius 3 is 3.08 bits per heavy atom. The van der Waals surface area contributed by atoms with Gasteiger partial charge in [0.05, 0.1) is 0 Å². The maximum Gasteiger partial charge on any atom is 0.269 e. The zero-order valence-electron chi connectivity index (χ0n) is 7.29. The second-order valence-corrected chi connectivity index (χ2v) is 2.66. The molecule has 0 aliphatic rings. The molecule has 0 aliphatic carbocycles. The van der Waals surface area contributed by atoms with Gasteiger partial charge in [0, 0.05) is 19.3 Å². The van der Waals surface area contributed by atoms with Gasteiger partial charge in [0.25, 0.3) is 5.91 Å². The van der Waals surface area contributed by atoms with E-state index >= 15 is 0 Å². The normalized spacial score (nSPS) is 9.92. The third kappa shape index (κ3) is 3.25. The molecule has 3 N–H and O–H groups in total. The molecule has 5 heteroatoms. The van der Waals surface area contributed by atoms with Gasteiger partial charge in [0.2, 0.25) is 0 Å². The minimum absolute atomic E-state index is 0.157. The summed E-state index contributed by atoms with van der Waals surface area (Å²) in [5, 5.41) is 17.4. The van der Waals surface area contributed by atoms with Crippen LogP contribution in [0.15, 0.2) is 12.3 Å². The minimum atomic E-state index is -0.157. The van der Waals surface area contributed by atoms with Crippen LogP contribution in [0.1, 0.15) is 23.3 Å². The molecule has 0 atom stereocenters. The molecule has 0 saturated heterocycles. The Hall–Kier alpha value is -1.36. The number of hydrogen-bond acceptors (Lipinski definition) is 3. The number of aliphatic hydroxyl groups excluding tert-OH is 1. The van der Waals surface area contributed by atoms with Crippen molar-refractivity contribution in [2.45, 2.75) is 12.8 Å². The zero-order valence-corrected chi connectivity index (χ0v) is 7.29. The molecule has 5 nitrogen and oxygen atoms in total.